The van der Waals surface area contributed by atoms with Crippen molar-refractivity contribution in [2.24, 2.45) is 0 Å². The summed E-state index contributed by atoms with van der Waals surface area (Å²) in [4.78, 5) is 2.75. The first-order valence-electron chi connectivity index (χ1n) is 7.35. The fourth-order valence-corrected chi connectivity index (χ4v) is 4.48. The largest absolute Gasteiger partial charge is 0.493 e. The Kier molecular flexibility index (Phi) is 4.38. The highest BCUT2D eigenvalue weighted by atomic mass is 79.9. The van der Waals surface area contributed by atoms with Crippen molar-refractivity contribution >= 4 is 27.3 Å². The van der Waals surface area contributed by atoms with E-state index in [1.165, 1.54) is 26.4 Å². The summed E-state index contributed by atoms with van der Waals surface area (Å²) < 4.78 is 7.05. The lowest BCUT2D eigenvalue weighted by Gasteiger charge is -2.20. The molecule has 21 heavy (non-hydrogen) atoms. The predicted octanol–water partition coefficient (Wildman–Crippen LogP) is 4.76. The van der Waals surface area contributed by atoms with Gasteiger partial charge in [0, 0.05) is 26.2 Å². The van der Waals surface area contributed by atoms with Crippen molar-refractivity contribution in [1.29, 1.82) is 0 Å². The van der Waals surface area contributed by atoms with E-state index in [0.29, 0.717) is 0 Å². The summed E-state index contributed by atoms with van der Waals surface area (Å²) in [5.41, 5.74) is 3.93. The maximum atomic E-state index is 5.91. The first-order valence-corrected chi connectivity index (χ1v) is 8.96. The molecule has 0 spiro atoms. The Morgan fingerprint density at radius 2 is 2.14 bits per heavy atom. The molecule has 1 atom stereocenters. The van der Waals surface area contributed by atoms with E-state index in [-0.39, 0.29) is 6.04 Å². The standard InChI is InChI=1S/C17H20BrNOS/c1-4-19-16(15-7-10(2)11(3)21-15)14-9-13(18)8-12-5-6-20-17(12)14/h7-9,16,19H,4-6H2,1-3H3. The van der Waals surface area contributed by atoms with E-state index < -0.39 is 0 Å². The lowest BCUT2D eigenvalue weighted by molar-refractivity contribution is 0.350. The number of ether oxygens (including phenoxy) is 1. The smallest absolute Gasteiger partial charge is 0.127 e. The fraction of sp³-hybridized carbons (Fsp3) is 0.412. The Morgan fingerprint density at radius 1 is 1.33 bits per heavy atom. The van der Waals surface area contributed by atoms with Crippen LogP contribution in [0.5, 0.6) is 5.75 Å². The highest BCUT2D eigenvalue weighted by Crippen LogP contribution is 2.40. The molecule has 1 aliphatic rings. The van der Waals surface area contributed by atoms with Crippen LogP contribution in [0.2, 0.25) is 0 Å². The number of aryl methyl sites for hydroxylation is 2. The maximum absolute atomic E-state index is 5.91. The summed E-state index contributed by atoms with van der Waals surface area (Å²) in [5, 5.41) is 3.62. The van der Waals surface area contributed by atoms with Crippen LogP contribution in [0.3, 0.4) is 0 Å². The van der Waals surface area contributed by atoms with Crippen molar-refractivity contribution in [2.75, 3.05) is 13.2 Å². The molecule has 0 fully saturated rings. The molecule has 1 unspecified atom stereocenters. The Bertz CT molecular complexity index is 646. The number of benzene rings is 1. The minimum Gasteiger partial charge on any atom is -0.493 e. The number of hydrogen-bond acceptors (Lipinski definition) is 3. The Morgan fingerprint density at radius 3 is 2.81 bits per heavy atom. The van der Waals surface area contributed by atoms with Gasteiger partial charge in [-0.1, -0.05) is 22.9 Å². The van der Waals surface area contributed by atoms with Crippen LogP contribution in [0.4, 0.5) is 0 Å². The van der Waals surface area contributed by atoms with Gasteiger partial charge in [0.05, 0.1) is 12.6 Å². The van der Waals surface area contributed by atoms with Crippen molar-refractivity contribution in [3.63, 3.8) is 0 Å². The molecule has 0 bridgehead atoms. The molecule has 1 aromatic carbocycles. The van der Waals surface area contributed by atoms with Crippen molar-refractivity contribution in [2.45, 2.75) is 33.2 Å². The van der Waals surface area contributed by atoms with Crippen molar-refractivity contribution in [3.8, 4) is 5.75 Å². The molecule has 112 valence electrons. The van der Waals surface area contributed by atoms with Gasteiger partial charge in [-0.25, -0.2) is 0 Å². The highest BCUT2D eigenvalue weighted by Gasteiger charge is 2.25. The van der Waals surface area contributed by atoms with Crippen LogP contribution in [0.25, 0.3) is 0 Å². The van der Waals surface area contributed by atoms with Gasteiger partial charge in [0.2, 0.25) is 0 Å². The molecule has 0 radical (unpaired) electrons. The van der Waals surface area contributed by atoms with Crippen molar-refractivity contribution in [3.05, 3.63) is 49.1 Å². The van der Waals surface area contributed by atoms with Gasteiger partial charge in [-0.15, -0.1) is 11.3 Å². The molecular formula is C17H20BrNOS. The summed E-state index contributed by atoms with van der Waals surface area (Å²) in [5.74, 6) is 1.08. The molecule has 1 aliphatic heterocycles. The van der Waals surface area contributed by atoms with Crippen LogP contribution in [0.15, 0.2) is 22.7 Å². The first-order chi connectivity index (χ1) is 10.1. The third kappa shape index (κ3) is 2.89. The van der Waals surface area contributed by atoms with E-state index in [1.54, 1.807) is 0 Å². The Labute approximate surface area is 138 Å². The fourth-order valence-electron chi connectivity index (χ4n) is 2.82. The third-order valence-corrected chi connectivity index (χ3v) is 5.64. The van der Waals surface area contributed by atoms with Crippen LogP contribution < -0.4 is 10.1 Å². The predicted molar refractivity (Wildman–Crippen MR) is 92.7 cm³/mol. The zero-order valence-electron chi connectivity index (χ0n) is 12.6. The second-order valence-electron chi connectivity index (χ2n) is 5.46. The molecule has 0 saturated carbocycles. The summed E-state index contributed by atoms with van der Waals surface area (Å²) >= 11 is 5.52. The molecule has 1 N–H and O–H groups in total. The SMILES string of the molecule is CCNC(c1cc(C)c(C)s1)c1cc(Br)cc2c1OCC2. The van der Waals surface area contributed by atoms with Gasteiger partial charge in [-0.3, -0.25) is 0 Å². The van der Waals surface area contributed by atoms with Crippen molar-refractivity contribution in [1.82, 2.24) is 5.32 Å². The number of nitrogens with one attached hydrogen (secondary N) is 1. The van der Waals surface area contributed by atoms with Gasteiger partial charge < -0.3 is 10.1 Å². The highest BCUT2D eigenvalue weighted by molar-refractivity contribution is 9.10. The lowest BCUT2D eigenvalue weighted by Crippen LogP contribution is -2.21. The first kappa shape index (κ1) is 15.1. The second-order valence-corrected chi connectivity index (χ2v) is 7.66. The van der Waals surface area contributed by atoms with Gasteiger partial charge >= 0.3 is 0 Å². The van der Waals surface area contributed by atoms with E-state index in [0.717, 1.165) is 29.8 Å². The Balaban J connectivity index is 2.09. The molecule has 4 heteroatoms. The van der Waals surface area contributed by atoms with E-state index in [9.17, 15) is 0 Å². The molecule has 0 saturated heterocycles. The minimum atomic E-state index is 0.205. The van der Waals surface area contributed by atoms with E-state index in [1.807, 2.05) is 11.3 Å². The van der Waals surface area contributed by atoms with Gasteiger partial charge in [0.25, 0.3) is 0 Å². The molecule has 1 aromatic heterocycles. The van der Waals surface area contributed by atoms with E-state index in [4.69, 9.17) is 4.74 Å². The number of thiophene rings is 1. The van der Waals surface area contributed by atoms with Gasteiger partial charge in [-0.2, -0.15) is 0 Å². The molecule has 0 amide bonds. The number of halogens is 1. The Hall–Kier alpha value is -0.840. The van der Waals surface area contributed by atoms with Crippen molar-refractivity contribution < 1.29 is 4.74 Å². The van der Waals surface area contributed by atoms with Crippen LogP contribution in [-0.2, 0) is 6.42 Å². The molecule has 0 aliphatic carbocycles. The monoisotopic (exact) mass is 365 g/mol. The maximum Gasteiger partial charge on any atom is 0.127 e. The quantitative estimate of drug-likeness (QED) is 0.842. The number of fused-ring (bicyclic) bond motifs is 1. The molecule has 2 nitrogen and oxygen atoms in total. The number of rotatable bonds is 4. The van der Waals surface area contributed by atoms with E-state index in [2.05, 4.69) is 60.2 Å². The molecule has 3 rings (SSSR count). The van der Waals surface area contributed by atoms with Crippen LogP contribution in [0.1, 0.15) is 39.4 Å². The average molecular weight is 366 g/mol. The number of hydrogen-bond donors (Lipinski definition) is 1. The summed E-state index contributed by atoms with van der Waals surface area (Å²) in [6.45, 7) is 8.25. The third-order valence-electron chi connectivity index (χ3n) is 3.97. The zero-order valence-corrected chi connectivity index (χ0v) is 15.0. The van der Waals surface area contributed by atoms with E-state index >= 15 is 0 Å². The summed E-state index contributed by atoms with van der Waals surface area (Å²) in [7, 11) is 0. The molecular weight excluding hydrogens is 346 g/mol. The van der Waals surface area contributed by atoms with Gasteiger partial charge in [0.1, 0.15) is 5.75 Å². The molecule has 2 heterocycles. The summed E-state index contributed by atoms with van der Waals surface area (Å²) in [6, 6.07) is 6.88. The molecule has 2 aromatic rings. The zero-order chi connectivity index (χ0) is 15.0. The summed E-state index contributed by atoms with van der Waals surface area (Å²) in [6.07, 6.45) is 1.00. The lowest BCUT2D eigenvalue weighted by atomic mass is 10.00. The second kappa shape index (κ2) is 6.11. The van der Waals surface area contributed by atoms with Gasteiger partial charge in [-0.05, 0) is 49.7 Å². The minimum absolute atomic E-state index is 0.205. The topological polar surface area (TPSA) is 21.3 Å². The van der Waals surface area contributed by atoms with Gasteiger partial charge in [0.15, 0.2) is 0 Å². The van der Waals surface area contributed by atoms with Crippen LogP contribution in [0, 0.1) is 13.8 Å². The van der Waals surface area contributed by atoms with Crippen LogP contribution in [-0.4, -0.2) is 13.2 Å². The normalized spacial score (nSPS) is 14.9. The average Bonchev–Trinajstić information content (AvgIpc) is 3.02. The van der Waals surface area contributed by atoms with Crippen LogP contribution >= 0.6 is 27.3 Å².